The van der Waals surface area contributed by atoms with E-state index in [4.69, 9.17) is 11.6 Å². The third-order valence-corrected chi connectivity index (χ3v) is 3.02. The molecule has 96 valence electrons. The minimum Gasteiger partial charge on any atom is -0.372 e. The molecule has 2 N–H and O–H groups in total. The van der Waals surface area contributed by atoms with Crippen molar-refractivity contribution in [3.8, 4) is 5.95 Å². The number of aromatic nitrogens is 4. The van der Waals surface area contributed by atoms with Crippen LogP contribution in [0, 0.1) is 0 Å². The summed E-state index contributed by atoms with van der Waals surface area (Å²) in [6.45, 7) is 0. The van der Waals surface area contributed by atoms with Gasteiger partial charge in [0.15, 0.2) is 0 Å². The number of nitrogens with one attached hydrogen (secondary N) is 2. The first-order valence-electron chi connectivity index (χ1n) is 5.60. The van der Waals surface area contributed by atoms with E-state index in [1.807, 2.05) is 6.07 Å². The number of fused-ring (bicyclic) bond motifs is 1. The summed E-state index contributed by atoms with van der Waals surface area (Å²) in [6.07, 6.45) is 3.22. The van der Waals surface area contributed by atoms with Crippen LogP contribution in [0.4, 0.5) is 5.82 Å². The Bertz CT molecular complexity index is 794. The lowest BCUT2D eigenvalue weighted by molar-refractivity contribution is 0.901. The van der Waals surface area contributed by atoms with Gasteiger partial charge in [0, 0.05) is 29.9 Å². The van der Waals surface area contributed by atoms with E-state index in [1.165, 1.54) is 4.57 Å². The number of aromatic amines is 1. The molecule has 0 saturated heterocycles. The average Bonchev–Trinajstić information content (AvgIpc) is 2.91. The maximum Gasteiger partial charge on any atom is 0.357 e. The molecule has 1 aromatic carbocycles. The van der Waals surface area contributed by atoms with Crippen molar-refractivity contribution >= 4 is 28.3 Å². The Morgan fingerprint density at radius 2 is 2.26 bits per heavy atom. The van der Waals surface area contributed by atoms with Crippen molar-refractivity contribution < 1.29 is 0 Å². The molecular weight excluding hydrogens is 266 g/mol. The van der Waals surface area contributed by atoms with Crippen molar-refractivity contribution in [2.24, 2.45) is 0 Å². The zero-order valence-corrected chi connectivity index (χ0v) is 10.8. The standard InChI is InChI=1S/C12H10ClN5O/c1-14-10-8-3-2-7(13)6-9(8)18(12(19)17-10)11-15-4-5-16-11/h2-6H,1H3,(H,15,16)(H,14,17,19). The first kappa shape index (κ1) is 11.7. The second-order valence-corrected chi connectivity index (χ2v) is 4.34. The van der Waals surface area contributed by atoms with Gasteiger partial charge < -0.3 is 10.3 Å². The summed E-state index contributed by atoms with van der Waals surface area (Å²) in [4.78, 5) is 23.1. The van der Waals surface area contributed by atoms with Crippen LogP contribution in [-0.2, 0) is 0 Å². The minimum absolute atomic E-state index is 0.410. The number of nitrogens with zero attached hydrogens (tertiary/aromatic N) is 3. The zero-order chi connectivity index (χ0) is 13.4. The molecule has 2 heterocycles. The Morgan fingerprint density at radius 1 is 1.42 bits per heavy atom. The maximum absolute atomic E-state index is 12.1. The summed E-state index contributed by atoms with van der Waals surface area (Å²) in [5.41, 5.74) is 0.223. The van der Waals surface area contributed by atoms with Gasteiger partial charge in [-0.05, 0) is 18.2 Å². The van der Waals surface area contributed by atoms with Crippen molar-refractivity contribution in [2.75, 3.05) is 12.4 Å². The van der Waals surface area contributed by atoms with Crippen LogP contribution in [0.25, 0.3) is 16.9 Å². The topological polar surface area (TPSA) is 75.6 Å². The van der Waals surface area contributed by atoms with Crippen LogP contribution in [0.1, 0.15) is 0 Å². The predicted molar refractivity (Wildman–Crippen MR) is 74.0 cm³/mol. The number of hydrogen-bond acceptors (Lipinski definition) is 4. The molecule has 0 aliphatic rings. The molecule has 0 saturated carbocycles. The third kappa shape index (κ3) is 1.86. The number of imidazole rings is 1. The van der Waals surface area contributed by atoms with Gasteiger partial charge in [-0.15, -0.1) is 0 Å². The fourth-order valence-corrected chi connectivity index (χ4v) is 2.14. The van der Waals surface area contributed by atoms with E-state index in [9.17, 15) is 4.79 Å². The summed E-state index contributed by atoms with van der Waals surface area (Å²) in [6, 6.07) is 5.28. The van der Waals surface area contributed by atoms with Gasteiger partial charge in [-0.25, -0.2) is 14.3 Å². The van der Waals surface area contributed by atoms with E-state index in [0.29, 0.717) is 22.3 Å². The van der Waals surface area contributed by atoms with E-state index in [0.717, 1.165) is 5.39 Å². The number of hydrogen-bond donors (Lipinski definition) is 2. The Hall–Kier alpha value is -2.34. The van der Waals surface area contributed by atoms with Gasteiger partial charge in [0.05, 0.1) is 5.52 Å². The van der Waals surface area contributed by atoms with Gasteiger partial charge in [-0.2, -0.15) is 4.98 Å². The van der Waals surface area contributed by atoms with Gasteiger partial charge >= 0.3 is 5.69 Å². The smallest absolute Gasteiger partial charge is 0.357 e. The summed E-state index contributed by atoms with van der Waals surface area (Å²) in [5, 5.41) is 4.24. The largest absolute Gasteiger partial charge is 0.372 e. The van der Waals surface area contributed by atoms with Crippen molar-refractivity contribution in [3.63, 3.8) is 0 Å². The molecular formula is C12H10ClN5O. The summed E-state index contributed by atoms with van der Waals surface area (Å²) < 4.78 is 1.39. The normalized spacial score (nSPS) is 10.8. The molecule has 0 radical (unpaired) electrons. The van der Waals surface area contributed by atoms with Crippen LogP contribution in [0.15, 0.2) is 35.4 Å². The molecule has 0 spiro atoms. The molecule has 0 bridgehead atoms. The minimum atomic E-state index is -0.422. The average molecular weight is 276 g/mol. The van der Waals surface area contributed by atoms with Crippen molar-refractivity contribution in [1.82, 2.24) is 19.5 Å². The zero-order valence-electron chi connectivity index (χ0n) is 10.0. The SMILES string of the molecule is CNc1nc(=O)n(-c2ncc[nH]2)c2cc(Cl)ccc12. The molecule has 2 aromatic heterocycles. The van der Waals surface area contributed by atoms with E-state index in [-0.39, 0.29) is 0 Å². The second-order valence-electron chi connectivity index (χ2n) is 3.90. The van der Waals surface area contributed by atoms with Gasteiger partial charge in [0.25, 0.3) is 0 Å². The molecule has 19 heavy (non-hydrogen) atoms. The molecule has 0 unspecified atom stereocenters. The first-order chi connectivity index (χ1) is 9.20. The fourth-order valence-electron chi connectivity index (χ4n) is 1.97. The molecule has 6 nitrogen and oxygen atoms in total. The van der Waals surface area contributed by atoms with E-state index >= 15 is 0 Å². The lowest BCUT2D eigenvalue weighted by atomic mass is 10.2. The molecule has 0 aliphatic carbocycles. The molecule has 3 rings (SSSR count). The van der Waals surface area contributed by atoms with Crippen LogP contribution < -0.4 is 11.0 Å². The maximum atomic E-state index is 12.1. The van der Waals surface area contributed by atoms with Crippen molar-refractivity contribution in [2.45, 2.75) is 0 Å². The van der Waals surface area contributed by atoms with Gasteiger partial charge in [-0.3, -0.25) is 0 Å². The highest BCUT2D eigenvalue weighted by Crippen LogP contribution is 2.23. The number of H-pyrrole nitrogens is 1. The number of benzene rings is 1. The Kier molecular flexibility index (Phi) is 2.72. The Labute approximate surface area is 113 Å². The molecule has 7 heteroatoms. The number of anilines is 1. The monoisotopic (exact) mass is 275 g/mol. The van der Waals surface area contributed by atoms with E-state index in [2.05, 4.69) is 20.3 Å². The van der Waals surface area contributed by atoms with E-state index < -0.39 is 5.69 Å². The summed E-state index contributed by atoms with van der Waals surface area (Å²) in [5.74, 6) is 0.923. The lowest BCUT2D eigenvalue weighted by Crippen LogP contribution is -2.24. The van der Waals surface area contributed by atoms with Gasteiger partial charge in [0.2, 0.25) is 5.95 Å². The highest BCUT2D eigenvalue weighted by atomic mass is 35.5. The quantitative estimate of drug-likeness (QED) is 0.748. The third-order valence-electron chi connectivity index (χ3n) is 2.79. The van der Waals surface area contributed by atoms with E-state index in [1.54, 1.807) is 31.6 Å². The molecule has 0 fully saturated rings. The number of rotatable bonds is 2. The van der Waals surface area contributed by atoms with Crippen LogP contribution in [0.3, 0.4) is 0 Å². The number of halogens is 1. The Balaban J connectivity index is 2.48. The van der Waals surface area contributed by atoms with Gasteiger partial charge in [0.1, 0.15) is 5.82 Å². The summed E-state index contributed by atoms with van der Waals surface area (Å²) in [7, 11) is 1.72. The van der Waals surface area contributed by atoms with Crippen molar-refractivity contribution in [1.29, 1.82) is 0 Å². The van der Waals surface area contributed by atoms with Crippen LogP contribution in [0.2, 0.25) is 5.02 Å². The molecule has 0 aliphatic heterocycles. The van der Waals surface area contributed by atoms with Crippen molar-refractivity contribution in [3.05, 3.63) is 46.1 Å². The lowest BCUT2D eigenvalue weighted by Gasteiger charge is -2.10. The van der Waals surface area contributed by atoms with Crippen LogP contribution >= 0.6 is 11.6 Å². The second kappa shape index (κ2) is 4.40. The molecule has 3 aromatic rings. The predicted octanol–water partition coefficient (Wildman–Crippen LogP) is 1.80. The van der Waals surface area contributed by atoms with Gasteiger partial charge in [-0.1, -0.05) is 11.6 Å². The fraction of sp³-hybridized carbons (Fsp3) is 0.0833. The first-order valence-corrected chi connectivity index (χ1v) is 5.98. The van der Waals surface area contributed by atoms with Crippen LogP contribution in [0.5, 0.6) is 0 Å². The molecule has 0 amide bonds. The highest BCUT2D eigenvalue weighted by molar-refractivity contribution is 6.31. The molecule has 0 atom stereocenters. The highest BCUT2D eigenvalue weighted by Gasteiger charge is 2.12. The summed E-state index contributed by atoms with van der Waals surface area (Å²) >= 11 is 6.01. The Morgan fingerprint density at radius 3 is 2.95 bits per heavy atom. The van der Waals surface area contributed by atoms with Crippen LogP contribution in [-0.4, -0.2) is 26.6 Å².